The molecule has 3 nitrogen and oxygen atoms in total. The van der Waals surface area contributed by atoms with E-state index in [1.165, 1.54) is 12.8 Å². The molecule has 14 heavy (non-hydrogen) atoms. The van der Waals surface area contributed by atoms with Gasteiger partial charge in [0, 0.05) is 18.5 Å². The van der Waals surface area contributed by atoms with Gasteiger partial charge >= 0.3 is 5.97 Å². The number of hydrogen-bond donors (Lipinski definition) is 1. The third-order valence-corrected chi connectivity index (χ3v) is 3.27. The van der Waals surface area contributed by atoms with Crippen LogP contribution >= 0.6 is 0 Å². The summed E-state index contributed by atoms with van der Waals surface area (Å²) in [6.07, 6.45) is 4.70. The summed E-state index contributed by atoms with van der Waals surface area (Å²) in [6.45, 7) is 5.58. The minimum absolute atomic E-state index is 0.317. The third-order valence-electron chi connectivity index (χ3n) is 3.27. The van der Waals surface area contributed by atoms with Crippen LogP contribution < -0.4 is 0 Å². The highest BCUT2D eigenvalue weighted by molar-refractivity contribution is 5.66. The van der Waals surface area contributed by atoms with E-state index in [1.54, 1.807) is 0 Å². The fourth-order valence-electron chi connectivity index (χ4n) is 2.27. The molecule has 1 aliphatic heterocycles. The number of carboxylic acids is 1. The second-order valence-electron chi connectivity index (χ2n) is 4.22. The lowest BCUT2D eigenvalue weighted by atomic mass is 10.1. The molecule has 3 heteroatoms. The SMILES string of the molecule is CCC(C)N1CCC[C@H]1CCC(=O)O. The summed E-state index contributed by atoms with van der Waals surface area (Å²) >= 11 is 0. The summed E-state index contributed by atoms with van der Waals surface area (Å²) < 4.78 is 0. The van der Waals surface area contributed by atoms with Crippen LogP contribution in [0.3, 0.4) is 0 Å². The summed E-state index contributed by atoms with van der Waals surface area (Å²) in [7, 11) is 0. The number of hydrogen-bond acceptors (Lipinski definition) is 2. The molecule has 1 rings (SSSR count). The molecule has 0 saturated carbocycles. The van der Waals surface area contributed by atoms with Gasteiger partial charge < -0.3 is 5.11 Å². The molecule has 1 unspecified atom stereocenters. The van der Waals surface area contributed by atoms with E-state index in [9.17, 15) is 4.79 Å². The van der Waals surface area contributed by atoms with Gasteiger partial charge in [0.2, 0.25) is 0 Å². The predicted octanol–water partition coefficient (Wildman–Crippen LogP) is 2.11. The first-order valence-electron chi connectivity index (χ1n) is 5.62. The molecule has 0 amide bonds. The highest BCUT2D eigenvalue weighted by Crippen LogP contribution is 2.24. The number of nitrogens with zero attached hydrogens (tertiary/aromatic N) is 1. The van der Waals surface area contributed by atoms with E-state index in [0.717, 1.165) is 19.4 Å². The van der Waals surface area contributed by atoms with Crippen molar-refractivity contribution in [2.75, 3.05) is 6.54 Å². The van der Waals surface area contributed by atoms with E-state index in [1.807, 2.05) is 0 Å². The molecule has 1 N–H and O–H groups in total. The quantitative estimate of drug-likeness (QED) is 0.737. The van der Waals surface area contributed by atoms with Crippen LogP contribution in [0.1, 0.15) is 46.0 Å². The third kappa shape index (κ3) is 2.98. The molecular formula is C11H21NO2. The Morgan fingerprint density at radius 3 is 2.93 bits per heavy atom. The van der Waals surface area contributed by atoms with Crippen LogP contribution in [-0.4, -0.2) is 34.6 Å². The average molecular weight is 199 g/mol. The summed E-state index contributed by atoms with van der Waals surface area (Å²) in [5.74, 6) is -0.666. The van der Waals surface area contributed by atoms with Crippen molar-refractivity contribution in [3.63, 3.8) is 0 Å². The zero-order valence-electron chi connectivity index (χ0n) is 9.20. The molecule has 2 atom stereocenters. The van der Waals surface area contributed by atoms with Gasteiger partial charge in [0.05, 0.1) is 0 Å². The van der Waals surface area contributed by atoms with Crippen LogP contribution in [-0.2, 0) is 4.79 Å². The van der Waals surface area contributed by atoms with E-state index >= 15 is 0 Å². The molecule has 0 aromatic carbocycles. The summed E-state index contributed by atoms with van der Waals surface area (Å²) in [5, 5.41) is 8.64. The minimum atomic E-state index is -0.666. The molecule has 1 fully saturated rings. The van der Waals surface area contributed by atoms with Crippen LogP contribution in [0.5, 0.6) is 0 Å². The van der Waals surface area contributed by atoms with Gasteiger partial charge in [0.1, 0.15) is 0 Å². The van der Waals surface area contributed by atoms with Crippen LogP contribution in [0.2, 0.25) is 0 Å². The van der Waals surface area contributed by atoms with Crippen molar-refractivity contribution in [3.05, 3.63) is 0 Å². The Balaban J connectivity index is 2.38. The first kappa shape index (κ1) is 11.5. The molecule has 0 aromatic rings. The molecule has 0 bridgehead atoms. The highest BCUT2D eigenvalue weighted by atomic mass is 16.4. The Morgan fingerprint density at radius 2 is 2.36 bits per heavy atom. The van der Waals surface area contributed by atoms with Crippen molar-refractivity contribution in [2.45, 2.75) is 58.0 Å². The number of carbonyl (C=O) groups is 1. The van der Waals surface area contributed by atoms with Gasteiger partial charge in [0.15, 0.2) is 0 Å². The Morgan fingerprint density at radius 1 is 1.64 bits per heavy atom. The van der Waals surface area contributed by atoms with Gasteiger partial charge in [-0.05, 0) is 39.2 Å². The summed E-state index contributed by atoms with van der Waals surface area (Å²) in [5.41, 5.74) is 0. The Labute approximate surface area is 86.1 Å². The van der Waals surface area contributed by atoms with Crippen molar-refractivity contribution in [1.82, 2.24) is 4.90 Å². The lowest BCUT2D eigenvalue weighted by Crippen LogP contribution is -2.37. The van der Waals surface area contributed by atoms with Gasteiger partial charge in [-0.15, -0.1) is 0 Å². The van der Waals surface area contributed by atoms with Crippen molar-refractivity contribution >= 4 is 5.97 Å². The van der Waals surface area contributed by atoms with Gasteiger partial charge in [-0.2, -0.15) is 0 Å². The fraction of sp³-hybridized carbons (Fsp3) is 0.909. The predicted molar refractivity (Wildman–Crippen MR) is 56.4 cm³/mol. The van der Waals surface area contributed by atoms with Gasteiger partial charge in [-0.25, -0.2) is 0 Å². The Bertz CT molecular complexity index is 194. The molecule has 0 aliphatic carbocycles. The zero-order chi connectivity index (χ0) is 10.6. The van der Waals surface area contributed by atoms with E-state index in [0.29, 0.717) is 18.5 Å². The van der Waals surface area contributed by atoms with Gasteiger partial charge in [0.25, 0.3) is 0 Å². The van der Waals surface area contributed by atoms with E-state index < -0.39 is 5.97 Å². The lowest BCUT2D eigenvalue weighted by Gasteiger charge is -2.29. The monoisotopic (exact) mass is 199 g/mol. The van der Waals surface area contributed by atoms with Crippen molar-refractivity contribution in [3.8, 4) is 0 Å². The highest BCUT2D eigenvalue weighted by Gasteiger charge is 2.27. The second-order valence-corrected chi connectivity index (χ2v) is 4.22. The standard InChI is InChI=1S/C11H21NO2/c1-3-9(2)12-8-4-5-10(12)6-7-11(13)14/h9-10H,3-8H2,1-2H3,(H,13,14)/t9?,10-/m0/s1. The van der Waals surface area contributed by atoms with E-state index in [4.69, 9.17) is 5.11 Å². The lowest BCUT2D eigenvalue weighted by molar-refractivity contribution is -0.137. The number of rotatable bonds is 5. The van der Waals surface area contributed by atoms with Crippen molar-refractivity contribution in [1.29, 1.82) is 0 Å². The molecular weight excluding hydrogens is 178 g/mol. The number of aliphatic carboxylic acids is 1. The summed E-state index contributed by atoms with van der Waals surface area (Å²) in [6, 6.07) is 1.12. The maximum atomic E-state index is 10.5. The minimum Gasteiger partial charge on any atom is -0.481 e. The smallest absolute Gasteiger partial charge is 0.303 e. The summed E-state index contributed by atoms with van der Waals surface area (Å²) in [4.78, 5) is 13.0. The first-order valence-corrected chi connectivity index (χ1v) is 5.62. The number of carboxylic acid groups (broad SMARTS) is 1. The second kappa shape index (κ2) is 5.35. The normalized spacial score (nSPS) is 25.1. The molecule has 0 radical (unpaired) electrons. The van der Waals surface area contributed by atoms with E-state index in [2.05, 4.69) is 18.7 Å². The molecule has 0 aromatic heterocycles. The maximum absolute atomic E-state index is 10.5. The Kier molecular flexibility index (Phi) is 4.39. The van der Waals surface area contributed by atoms with Crippen molar-refractivity contribution in [2.24, 2.45) is 0 Å². The average Bonchev–Trinajstić information content (AvgIpc) is 2.61. The topological polar surface area (TPSA) is 40.5 Å². The van der Waals surface area contributed by atoms with Crippen LogP contribution in [0.4, 0.5) is 0 Å². The number of likely N-dealkylation sites (tertiary alicyclic amines) is 1. The van der Waals surface area contributed by atoms with Gasteiger partial charge in [-0.3, -0.25) is 9.69 Å². The molecule has 1 saturated heterocycles. The van der Waals surface area contributed by atoms with Crippen LogP contribution in [0.15, 0.2) is 0 Å². The van der Waals surface area contributed by atoms with Crippen LogP contribution in [0.25, 0.3) is 0 Å². The largest absolute Gasteiger partial charge is 0.481 e. The maximum Gasteiger partial charge on any atom is 0.303 e. The van der Waals surface area contributed by atoms with E-state index in [-0.39, 0.29) is 0 Å². The van der Waals surface area contributed by atoms with Crippen molar-refractivity contribution < 1.29 is 9.90 Å². The Hall–Kier alpha value is -0.570. The molecule has 0 spiro atoms. The first-order chi connectivity index (χ1) is 6.65. The molecule has 82 valence electrons. The fourth-order valence-corrected chi connectivity index (χ4v) is 2.27. The zero-order valence-corrected chi connectivity index (χ0v) is 9.20. The van der Waals surface area contributed by atoms with Gasteiger partial charge in [-0.1, -0.05) is 6.92 Å². The molecule has 1 heterocycles. The molecule has 1 aliphatic rings. The van der Waals surface area contributed by atoms with Crippen LogP contribution in [0, 0.1) is 0 Å².